The number of rotatable bonds is 3. The van der Waals surface area contributed by atoms with Crippen LogP contribution in [0.5, 0.6) is 0 Å². The highest BCUT2D eigenvalue weighted by molar-refractivity contribution is 7.99. The minimum atomic E-state index is 0.0350. The average Bonchev–Trinajstić information content (AvgIpc) is 2.79. The molecule has 2 aromatic rings. The minimum absolute atomic E-state index is 0.0350. The molecule has 0 fully saturated rings. The van der Waals surface area contributed by atoms with Crippen molar-refractivity contribution < 1.29 is 4.79 Å². The monoisotopic (exact) mass is 298 g/mol. The van der Waals surface area contributed by atoms with Crippen LogP contribution in [0.3, 0.4) is 0 Å². The molecular formula is C17H18N2OS. The third-order valence-corrected chi connectivity index (χ3v) is 4.72. The quantitative estimate of drug-likeness (QED) is 0.841. The summed E-state index contributed by atoms with van der Waals surface area (Å²) in [7, 11) is 0. The molecule has 0 radical (unpaired) electrons. The first-order valence-corrected chi connectivity index (χ1v) is 7.84. The number of hydrogen-bond donors (Lipinski definition) is 2. The van der Waals surface area contributed by atoms with Crippen LogP contribution in [0.15, 0.2) is 46.2 Å². The van der Waals surface area contributed by atoms with E-state index in [0.29, 0.717) is 12.3 Å². The van der Waals surface area contributed by atoms with Crippen LogP contribution >= 0.6 is 11.8 Å². The summed E-state index contributed by atoms with van der Waals surface area (Å²) in [6.07, 6.45) is 0.424. The fourth-order valence-corrected chi connectivity index (χ4v) is 3.29. The van der Waals surface area contributed by atoms with Crippen LogP contribution in [-0.4, -0.2) is 5.91 Å². The second kappa shape index (κ2) is 5.45. The van der Waals surface area contributed by atoms with Gasteiger partial charge in [-0.15, -0.1) is 0 Å². The van der Waals surface area contributed by atoms with Gasteiger partial charge < -0.3 is 11.1 Å². The third-order valence-electron chi connectivity index (χ3n) is 3.64. The van der Waals surface area contributed by atoms with Crippen molar-refractivity contribution in [2.45, 2.75) is 36.0 Å². The van der Waals surface area contributed by atoms with Gasteiger partial charge in [0.25, 0.3) is 0 Å². The largest absolute Gasteiger partial charge is 0.398 e. The zero-order valence-corrected chi connectivity index (χ0v) is 13.0. The molecule has 1 aliphatic heterocycles. The molecule has 0 saturated heterocycles. The normalized spacial score (nSPS) is 13.4. The van der Waals surface area contributed by atoms with Gasteiger partial charge >= 0.3 is 0 Å². The highest BCUT2D eigenvalue weighted by Gasteiger charge is 2.19. The van der Waals surface area contributed by atoms with Crippen LogP contribution in [-0.2, 0) is 11.2 Å². The van der Waals surface area contributed by atoms with Crippen molar-refractivity contribution in [2.75, 3.05) is 11.1 Å². The maximum Gasteiger partial charge on any atom is 0.228 e. The predicted octanol–water partition coefficient (Wildman–Crippen LogP) is 4.04. The van der Waals surface area contributed by atoms with Crippen molar-refractivity contribution in [2.24, 2.45) is 0 Å². The zero-order chi connectivity index (χ0) is 15.0. The van der Waals surface area contributed by atoms with Gasteiger partial charge in [-0.3, -0.25) is 4.79 Å². The van der Waals surface area contributed by atoms with Gasteiger partial charge in [-0.05, 0) is 41.3 Å². The first-order valence-electron chi connectivity index (χ1n) is 7.03. The van der Waals surface area contributed by atoms with Crippen molar-refractivity contribution in [1.82, 2.24) is 0 Å². The van der Waals surface area contributed by atoms with E-state index in [4.69, 9.17) is 5.73 Å². The summed E-state index contributed by atoms with van der Waals surface area (Å²) in [5.74, 6) is 0.567. The van der Waals surface area contributed by atoms with Gasteiger partial charge in [-0.1, -0.05) is 37.7 Å². The van der Waals surface area contributed by atoms with Gasteiger partial charge in [0.15, 0.2) is 0 Å². The molecule has 21 heavy (non-hydrogen) atoms. The first-order chi connectivity index (χ1) is 10.0. The van der Waals surface area contributed by atoms with E-state index >= 15 is 0 Å². The summed E-state index contributed by atoms with van der Waals surface area (Å²) in [6.45, 7) is 4.37. The molecule has 0 atom stereocenters. The lowest BCUT2D eigenvalue weighted by molar-refractivity contribution is -0.115. The molecule has 0 aromatic heterocycles. The molecule has 2 aromatic carbocycles. The molecule has 3 N–H and O–H groups in total. The number of anilines is 2. The molecule has 3 nitrogen and oxygen atoms in total. The standard InChI is InChI=1S/C17H18N2OS/c1-10(2)11-3-5-13(6-4-11)21-16-9-15-12(7-14(16)18)8-17(20)19-15/h3-7,9-10H,8,18H2,1-2H3,(H,19,20). The second-order valence-electron chi connectivity index (χ2n) is 5.60. The van der Waals surface area contributed by atoms with Crippen molar-refractivity contribution in [3.8, 4) is 0 Å². The van der Waals surface area contributed by atoms with E-state index in [1.54, 1.807) is 11.8 Å². The number of nitrogens with one attached hydrogen (secondary N) is 1. The Morgan fingerprint density at radius 3 is 2.57 bits per heavy atom. The van der Waals surface area contributed by atoms with Crippen LogP contribution in [0, 0.1) is 0 Å². The SMILES string of the molecule is CC(C)c1ccc(Sc2cc3c(cc2N)CC(=O)N3)cc1. The minimum Gasteiger partial charge on any atom is -0.398 e. The van der Waals surface area contributed by atoms with Crippen molar-refractivity contribution >= 4 is 29.0 Å². The van der Waals surface area contributed by atoms with Crippen LogP contribution in [0.2, 0.25) is 0 Å². The molecule has 108 valence electrons. The fourth-order valence-electron chi connectivity index (χ4n) is 2.41. The smallest absolute Gasteiger partial charge is 0.228 e. The Morgan fingerprint density at radius 1 is 1.19 bits per heavy atom. The maximum absolute atomic E-state index is 11.4. The summed E-state index contributed by atoms with van der Waals surface area (Å²) in [6, 6.07) is 12.4. The molecule has 3 rings (SSSR count). The van der Waals surface area contributed by atoms with E-state index in [-0.39, 0.29) is 5.91 Å². The Bertz CT molecular complexity index is 693. The number of hydrogen-bond acceptors (Lipinski definition) is 3. The van der Waals surface area contributed by atoms with E-state index < -0.39 is 0 Å². The number of benzene rings is 2. The molecule has 0 bridgehead atoms. The molecule has 1 amide bonds. The van der Waals surface area contributed by atoms with Gasteiger partial charge in [0, 0.05) is 21.2 Å². The predicted molar refractivity (Wildman–Crippen MR) is 87.8 cm³/mol. The lowest BCUT2D eigenvalue weighted by Gasteiger charge is -2.10. The molecule has 1 aliphatic rings. The van der Waals surface area contributed by atoms with Gasteiger partial charge in [-0.25, -0.2) is 0 Å². The first kappa shape index (κ1) is 14.0. The molecular weight excluding hydrogens is 280 g/mol. The van der Waals surface area contributed by atoms with E-state index in [1.165, 1.54) is 5.56 Å². The van der Waals surface area contributed by atoms with Crippen LogP contribution in [0.1, 0.15) is 30.9 Å². The maximum atomic E-state index is 11.4. The van der Waals surface area contributed by atoms with Crippen molar-refractivity contribution in [3.63, 3.8) is 0 Å². The molecule has 4 heteroatoms. The van der Waals surface area contributed by atoms with Crippen molar-refractivity contribution in [3.05, 3.63) is 47.5 Å². The molecule has 0 saturated carbocycles. The number of amides is 1. The Balaban J connectivity index is 1.85. The van der Waals surface area contributed by atoms with Gasteiger partial charge in [-0.2, -0.15) is 0 Å². The average molecular weight is 298 g/mol. The van der Waals surface area contributed by atoms with Gasteiger partial charge in [0.1, 0.15) is 0 Å². The molecule has 0 unspecified atom stereocenters. The number of fused-ring (bicyclic) bond motifs is 1. The Kier molecular flexibility index (Phi) is 3.64. The summed E-state index contributed by atoms with van der Waals surface area (Å²) in [5.41, 5.74) is 10.0. The highest BCUT2D eigenvalue weighted by atomic mass is 32.2. The zero-order valence-electron chi connectivity index (χ0n) is 12.1. The topological polar surface area (TPSA) is 55.1 Å². The highest BCUT2D eigenvalue weighted by Crippen LogP contribution is 2.37. The molecule has 1 heterocycles. The number of carbonyl (C=O) groups is 1. The van der Waals surface area contributed by atoms with Crippen LogP contribution in [0.4, 0.5) is 11.4 Å². The van der Waals surface area contributed by atoms with E-state index in [9.17, 15) is 4.79 Å². The lowest BCUT2D eigenvalue weighted by atomic mass is 10.0. The van der Waals surface area contributed by atoms with Gasteiger partial charge in [0.2, 0.25) is 5.91 Å². The number of nitrogen functional groups attached to an aromatic ring is 1. The molecule has 0 aliphatic carbocycles. The Labute approximate surface area is 128 Å². The molecule has 0 spiro atoms. The van der Waals surface area contributed by atoms with Crippen LogP contribution in [0.25, 0.3) is 0 Å². The number of nitrogens with two attached hydrogens (primary N) is 1. The second-order valence-corrected chi connectivity index (χ2v) is 6.71. The Hall–Kier alpha value is -1.94. The summed E-state index contributed by atoms with van der Waals surface area (Å²) in [4.78, 5) is 13.6. The van der Waals surface area contributed by atoms with E-state index in [1.807, 2.05) is 12.1 Å². The van der Waals surface area contributed by atoms with E-state index in [2.05, 4.69) is 43.4 Å². The number of carbonyl (C=O) groups excluding carboxylic acids is 1. The Morgan fingerprint density at radius 2 is 1.90 bits per heavy atom. The fraction of sp³-hybridized carbons (Fsp3) is 0.235. The van der Waals surface area contributed by atoms with E-state index in [0.717, 1.165) is 26.7 Å². The lowest BCUT2D eigenvalue weighted by Crippen LogP contribution is -2.03. The van der Waals surface area contributed by atoms with Gasteiger partial charge in [0.05, 0.1) is 6.42 Å². The summed E-state index contributed by atoms with van der Waals surface area (Å²) in [5, 5.41) is 2.87. The third kappa shape index (κ3) is 2.90. The summed E-state index contributed by atoms with van der Waals surface area (Å²) >= 11 is 1.63. The van der Waals surface area contributed by atoms with Crippen molar-refractivity contribution in [1.29, 1.82) is 0 Å². The van der Waals surface area contributed by atoms with Crippen LogP contribution < -0.4 is 11.1 Å². The summed E-state index contributed by atoms with van der Waals surface area (Å²) < 4.78 is 0.